The molecule has 0 atom stereocenters. The van der Waals surface area contributed by atoms with Gasteiger partial charge in [-0.1, -0.05) is 0 Å². The standard InChI is InChI=1S/C12H15N3O3/c13-8-2-3-10(9(6-8)12(17)18)15-5-1-4-14-11(16)7-15/h2-3,6H,1,4-5,7,13H2,(H,14,16)(H,17,18). The molecule has 0 aromatic heterocycles. The first kappa shape index (κ1) is 12.2. The Kier molecular flexibility index (Phi) is 3.36. The van der Waals surface area contributed by atoms with Gasteiger partial charge in [0.2, 0.25) is 5.91 Å². The van der Waals surface area contributed by atoms with Gasteiger partial charge in [0.25, 0.3) is 0 Å². The third-order valence-corrected chi connectivity index (χ3v) is 2.85. The quantitative estimate of drug-likeness (QED) is 0.655. The lowest BCUT2D eigenvalue weighted by molar-refractivity contribution is -0.119. The van der Waals surface area contributed by atoms with Crippen LogP contribution < -0.4 is 16.0 Å². The maximum absolute atomic E-state index is 11.5. The van der Waals surface area contributed by atoms with Crippen molar-refractivity contribution in [2.75, 3.05) is 30.3 Å². The Bertz CT molecular complexity index is 487. The number of aromatic carboxylic acids is 1. The summed E-state index contributed by atoms with van der Waals surface area (Å²) in [6.07, 6.45) is 0.787. The Morgan fingerprint density at radius 3 is 2.94 bits per heavy atom. The van der Waals surface area contributed by atoms with Crippen molar-refractivity contribution in [3.63, 3.8) is 0 Å². The van der Waals surface area contributed by atoms with Crippen molar-refractivity contribution in [1.82, 2.24) is 5.32 Å². The maximum Gasteiger partial charge on any atom is 0.337 e. The van der Waals surface area contributed by atoms with Crippen LogP contribution in [0.15, 0.2) is 18.2 Å². The number of nitrogen functional groups attached to an aromatic ring is 1. The van der Waals surface area contributed by atoms with E-state index in [0.29, 0.717) is 24.5 Å². The van der Waals surface area contributed by atoms with Crippen LogP contribution in [0.3, 0.4) is 0 Å². The second-order valence-corrected chi connectivity index (χ2v) is 4.21. The van der Waals surface area contributed by atoms with Crippen LogP contribution in [0, 0.1) is 0 Å². The normalized spacial score (nSPS) is 16.0. The monoisotopic (exact) mass is 249 g/mol. The first-order chi connectivity index (χ1) is 8.58. The highest BCUT2D eigenvalue weighted by atomic mass is 16.4. The molecule has 0 saturated carbocycles. The lowest BCUT2D eigenvalue weighted by Gasteiger charge is -2.23. The van der Waals surface area contributed by atoms with Crippen molar-refractivity contribution in [1.29, 1.82) is 0 Å². The third-order valence-electron chi connectivity index (χ3n) is 2.85. The van der Waals surface area contributed by atoms with Gasteiger partial charge in [-0.15, -0.1) is 0 Å². The first-order valence-corrected chi connectivity index (χ1v) is 5.72. The molecule has 1 heterocycles. The summed E-state index contributed by atoms with van der Waals surface area (Å²) < 4.78 is 0. The van der Waals surface area contributed by atoms with E-state index >= 15 is 0 Å². The molecule has 0 aliphatic carbocycles. The molecule has 1 aliphatic rings. The van der Waals surface area contributed by atoms with Gasteiger partial charge in [0.15, 0.2) is 0 Å². The summed E-state index contributed by atoms with van der Waals surface area (Å²) >= 11 is 0. The molecule has 4 N–H and O–H groups in total. The van der Waals surface area contributed by atoms with Gasteiger partial charge < -0.3 is 21.1 Å². The van der Waals surface area contributed by atoms with Crippen LogP contribution in [-0.2, 0) is 4.79 Å². The van der Waals surface area contributed by atoms with E-state index in [4.69, 9.17) is 5.73 Å². The van der Waals surface area contributed by atoms with Crippen LogP contribution in [-0.4, -0.2) is 36.6 Å². The van der Waals surface area contributed by atoms with Crippen LogP contribution in [0.1, 0.15) is 16.8 Å². The zero-order valence-electron chi connectivity index (χ0n) is 9.85. The fraction of sp³-hybridized carbons (Fsp3) is 0.333. The molecule has 1 saturated heterocycles. The molecule has 2 rings (SSSR count). The average molecular weight is 249 g/mol. The van der Waals surface area contributed by atoms with Crippen LogP contribution in [0.5, 0.6) is 0 Å². The Morgan fingerprint density at radius 1 is 1.44 bits per heavy atom. The number of anilines is 2. The Hall–Kier alpha value is -2.24. The molecule has 0 bridgehead atoms. The maximum atomic E-state index is 11.5. The van der Waals surface area contributed by atoms with Crippen molar-refractivity contribution in [2.24, 2.45) is 0 Å². The second kappa shape index (κ2) is 4.95. The Morgan fingerprint density at radius 2 is 2.22 bits per heavy atom. The lowest BCUT2D eigenvalue weighted by Crippen LogP contribution is -2.33. The molecular weight excluding hydrogens is 234 g/mol. The van der Waals surface area contributed by atoms with E-state index in [1.807, 2.05) is 0 Å². The largest absolute Gasteiger partial charge is 0.478 e. The number of carbonyl (C=O) groups excluding carboxylic acids is 1. The van der Waals surface area contributed by atoms with E-state index in [9.17, 15) is 14.7 Å². The number of benzene rings is 1. The minimum absolute atomic E-state index is 0.0966. The number of carbonyl (C=O) groups is 2. The van der Waals surface area contributed by atoms with Crippen molar-refractivity contribution >= 4 is 23.3 Å². The van der Waals surface area contributed by atoms with Gasteiger partial charge in [0, 0.05) is 18.8 Å². The summed E-state index contributed by atoms with van der Waals surface area (Å²) in [5.41, 5.74) is 6.66. The highest BCUT2D eigenvalue weighted by Gasteiger charge is 2.20. The Balaban J connectivity index is 2.36. The van der Waals surface area contributed by atoms with E-state index in [-0.39, 0.29) is 18.0 Å². The highest BCUT2D eigenvalue weighted by Crippen LogP contribution is 2.24. The van der Waals surface area contributed by atoms with Gasteiger partial charge in [-0.2, -0.15) is 0 Å². The van der Waals surface area contributed by atoms with Gasteiger partial charge >= 0.3 is 5.97 Å². The fourth-order valence-corrected chi connectivity index (χ4v) is 2.01. The van der Waals surface area contributed by atoms with E-state index in [2.05, 4.69) is 5.32 Å². The number of carboxylic acid groups (broad SMARTS) is 1. The number of nitrogens with two attached hydrogens (primary N) is 1. The van der Waals surface area contributed by atoms with Crippen molar-refractivity contribution < 1.29 is 14.7 Å². The molecule has 96 valence electrons. The van der Waals surface area contributed by atoms with Gasteiger partial charge in [0.1, 0.15) is 0 Å². The summed E-state index contributed by atoms with van der Waals surface area (Å²) in [5.74, 6) is -1.14. The third kappa shape index (κ3) is 2.53. The average Bonchev–Trinajstić information content (AvgIpc) is 2.53. The molecule has 1 fully saturated rings. The van der Waals surface area contributed by atoms with E-state index in [0.717, 1.165) is 6.42 Å². The highest BCUT2D eigenvalue weighted by molar-refractivity contribution is 5.96. The van der Waals surface area contributed by atoms with Crippen LogP contribution in [0.4, 0.5) is 11.4 Å². The van der Waals surface area contributed by atoms with E-state index in [1.54, 1.807) is 17.0 Å². The number of hydrogen-bond donors (Lipinski definition) is 3. The van der Waals surface area contributed by atoms with Crippen molar-refractivity contribution in [2.45, 2.75) is 6.42 Å². The minimum atomic E-state index is -1.04. The molecule has 1 aliphatic heterocycles. The fourth-order valence-electron chi connectivity index (χ4n) is 2.01. The van der Waals surface area contributed by atoms with Gasteiger partial charge in [-0.05, 0) is 24.6 Å². The second-order valence-electron chi connectivity index (χ2n) is 4.21. The first-order valence-electron chi connectivity index (χ1n) is 5.72. The van der Waals surface area contributed by atoms with Crippen molar-refractivity contribution in [3.8, 4) is 0 Å². The molecule has 1 amide bonds. The molecule has 1 aromatic rings. The molecule has 6 nitrogen and oxygen atoms in total. The summed E-state index contributed by atoms with van der Waals surface area (Å²) in [4.78, 5) is 24.5. The van der Waals surface area contributed by atoms with Crippen molar-refractivity contribution in [3.05, 3.63) is 23.8 Å². The summed E-state index contributed by atoms with van der Waals surface area (Å²) in [6, 6.07) is 4.71. The number of amides is 1. The van der Waals surface area contributed by atoms with Gasteiger partial charge in [-0.3, -0.25) is 4.79 Å². The number of rotatable bonds is 2. The van der Waals surface area contributed by atoms with E-state index < -0.39 is 5.97 Å². The molecule has 18 heavy (non-hydrogen) atoms. The lowest BCUT2D eigenvalue weighted by atomic mass is 10.1. The van der Waals surface area contributed by atoms with Crippen LogP contribution in [0.25, 0.3) is 0 Å². The molecule has 0 unspecified atom stereocenters. The Labute approximate surface area is 104 Å². The van der Waals surface area contributed by atoms with Gasteiger partial charge in [-0.25, -0.2) is 4.79 Å². The number of nitrogens with one attached hydrogen (secondary N) is 1. The predicted molar refractivity (Wildman–Crippen MR) is 67.7 cm³/mol. The van der Waals surface area contributed by atoms with E-state index in [1.165, 1.54) is 6.07 Å². The molecule has 0 spiro atoms. The zero-order valence-corrected chi connectivity index (χ0v) is 9.85. The zero-order chi connectivity index (χ0) is 13.1. The molecule has 0 radical (unpaired) electrons. The summed E-state index contributed by atoms with van der Waals surface area (Å²) in [5, 5.41) is 11.9. The summed E-state index contributed by atoms with van der Waals surface area (Å²) in [7, 11) is 0. The number of hydrogen-bond acceptors (Lipinski definition) is 4. The smallest absolute Gasteiger partial charge is 0.337 e. The molecular formula is C12H15N3O3. The van der Waals surface area contributed by atoms with Crippen LogP contribution in [0.2, 0.25) is 0 Å². The predicted octanol–water partition coefficient (Wildman–Crippen LogP) is 0.293. The summed E-state index contributed by atoms with van der Waals surface area (Å²) in [6.45, 7) is 1.43. The number of carboxylic acids is 1. The number of nitrogens with zero attached hydrogens (tertiary/aromatic N) is 1. The SMILES string of the molecule is Nc1ccc(N2CCCNC(=O)C2)c(C(=O)O)c1. The molecule has 1 aromatic carbocycles. The molecule has 6 heteroatoms. The van der Waals surface area contributed by atoms with Crippen LogP contribution >= 0.6 is 0 Å². The van der Waals surface area contributed by atoms with Gasteiger partial charge in [0.05, 0.1) is 17.8 Å². The topological polar surface area (TPSA) is 95.7 Å². The minimum Gasteiger partial charge on any atom is -0.478 e.